The van der Waals surface area contributed by atoms with Gasteiger partial charge in [0.15, 0.2) is 0 Å². The molecule has 1 aromatic heterocycles. The van der Waals surface area contributed by atoms with E-state index >= 15 is 0 Å². The van der Waals surface area contributed by atoms with Gasteiger partial charge in [0, 0.05) is 23.9 Å². The number of aliphatic hydroxyl groups excluding tert-OH is 1. The van der Waals surface area contributed by atoms with Crippen LogP contribution in [0.15, 0.2) is 5.38 Å². The highest BCUT2D eigenvalue weighted by atomic mass is 32.1. The molecule has 1 aliphatic carbocycles. The molecule has 1 saturated heterocycles. The van der Waals surface area contributed by atoms with Crippen LogP contribution < -0.4 is 0 Å². The second kappa shape index (κ2) is 5.51. The van der Waals surface area contributed by atoms with E-state index in [1.165, 1.54) is 30.0 Å². The Morgan fingerprint density at radius 3 is 2.95 bits per heavy atom. The largest absolute Gasteiger partial charge is 0.392 e. The van der Waals surface area contributed by atoms with Crippen molar-refractivity contribution in [1.82, 2.24) is 9.88 Å². The third kappa shape index (κ3) is 3.18. The second-order valence-corrected chi connectivity index (χ2v) is 7.25. The van der Waals surface area contributed by atoms with Crippen LogP contribution in [0.2, 0.25) is 0 Å². The van der Waals surface area contributed by atoms with E-state index in [0.717, 1.165) is 31.3 Å². The van der Waals surface area contributed by atoms with Crippen molar-refractivity contribution < 1.29 is 5.11 Å². The molecule has 3 nitrogen and oxygen atoms in total. The van der Waals surface area contributed by atoms with Crippen molar-refractivity contribution in [3.05, 3.63) is 16.1 Å². The monoisotopic (exact) mass is 280 g/mol. The van der Waals surface area contributed by atoms with Crippen molar-refractivity contribution in [3.8, 4) is 0 Å². The van der Waals surface area contributed by atoms with E-state index in [-0.39, 0.29) is 6.10 Å². The van der Waals surface area contributed by atoms with Crippen molar-refractivity contribution >= 4 is 11.3 Å². The first-order valence-electron chi connectivity index (χ1n) is 7.50. The first-order chi connectivity index (χ1) is 9.13. The Balaban J connectivity index is 1.65. The lowest BCUT2D eigenvalue weighted by Crippen LogP contribution is -2.47. The molecule has 1 aliphatic heterocycles. The number of aromatic nitrogens is 1. The number of hydrogen-bond donors (Lipinski definition) is 1. The number of piperidine rings is 1. The fourth-order valence-corrected chi connectivity index (χ4v) is 4.03. The Bertz CT molecular complexity index is 428. The van der Waals surface area contributed by atoms with Gasteiger partial charge >= 0.3 is 0 Å². The van der Waals surface area contributed by atoms with Gasteiger partial charge in [0.1, 0.15) is 0 Å². The van der Waals surface area contributed by atoms with Gasteiger partial charge in [-0.3, -0.25) is 4.90 Å². The van der Waals surface area contributed by atoms with E-state index in [1.807, 2.05) is 18.3 Å². The number of hydrogen-bond acceptors (Lipinski definition) is 4. The first kappa shape index (κ1) is 13.5. The van der Waals surface area contributed by atoms with Crippen LogP contribution in [-0.2, 0) is 6.54 Å². The zero-order chi connectivity index (χ0) is 13.4. The Morgan fingerprint density at radius 2 is 2.26 bits per heavy atom. The summed E-state index contributed by atoms with van der Waals surface area (Å²) in [6.07, 6.45) is 4.75. The van der Waals surface area contributed by atoms with Crippen molar-refractivity contribution in [2.45, 2.75) is 64.1 Å². The molecule has 0 aromatic carbocycles. The molecule has 19 heavy (non-hydrogen) atoms. The summed E-state index contributed by atoms with van der Waals surface area (Å²) >= 11 is 1.82. The zero-order valence-corrected chi connectivity index (χ0v) is 12.7. The van der Waals surface area contributed by atoms with Crippen LogP contribution in [0.4, 0.5) is 0 Å². The lowest BCUT2D eigenvalue weighted by Gasteiger charge is -2.39. The Labute approximate surface area is 119 Å². The molecule has 0 bridgehead atoms. The van der Waals surface area contributed by atoms with Crippen molar-refractivity contribution in [2.24, 2.45) is 5.92 Å². The van der Waals surface area contributed by atoms with Gasteiger partial charge in [-0.1, -0.05) is 6.92 Å². The topological polar surface area (TPSA) is 36.4 Å². The van der Waals surface area contributed by atoms with E-state index in [1.54, 1.807) is 0 Å². The maximum absolute atomic E-state index is 9.99. The molecule has 1 aromatic rings. The quantitative estimate of drug-likeness (QED) is 0.921. The molecular formula is C15H24N2OS. The third-order valence-electron chi connectivity index (χ3n) is 4.44. The summed E-state index contributed by atoms with van der Waals surface area (Å²) in [4.78, 5) is 7.20. The third-order valence-corrected chi connectivity index (χ3v) is 5.50. The molecule has 1 saturated carbocycles. The van der Waals surface area contributed by atoms with Crippen LogP contribution in [0, 0.1) is 5.92 Å². The minimum atomic E-state index is -0.246. The van der Waals surface area contributed by atoms with Crippen LogP contribution in [0.5, 0.6) is 0 Å². The van der Waals surface area contributed by atoms with E-state index < -0.39 is 0 Å². The van der Waals surface area contributed by atoms with Gasteiger partial charge < -0.3 is 5.11 Å². The summed E-state index contributed by atoms with van der Waals surface area (Å²) in [6, 6.07) is 0.301. The van der Waals surface area contributed by atoms with Crippen LogP contribution >= 0.6 is 11.3 Å². The fourth-order valence-electron chi connectivity index (χ4n) is 3.05. The summed E-state index contributed by atoms with van der Waals surface area (Å²) in [5.74, 6) is 1.49. The minimum absolute atomic E-state index is 0.246. The molecule has 0 unspecified atom stereocenters. The average Bonchev–Trinajstić information content (AvgIpc) is 3.12. The molecule has 2 fully saturated rings. The van der Waals surface area contributed by atoms with E-state index in [4.69, 9.17) is 4.98 Å². The fraction of sp³-hybridized carbons (Fsp3) is 0.800. The molecule has 1 N–H and O–H groups in total. The Hall–Kier alpha value is -0.450. The van der Waals surface area contributed by atoms with Crippen molar-refractivity contribution in [2.75, 3.05) is 6.54 Å². The maximum Gasteiger partial charge on any atom is 0.0959 e. The van der Waals surface area contributed by atoms with Crippen LogP contribution in [0.25, 0.3) is 0 Å². The molecule has 2 aliphatic rings. The lowest BCUT2D eigenvalue weighted by atomic mass is 9.90. The normalized spacial score (nSPS) is 30.5. The number of nitrogens with zero attached hydrogens (tertiary/aromatic N) is 2. The van der Waals surface area contributed by atoms with Gasteiger partial charge in [-0.25, -0.2) is 4.98 Å². The number of rotatable bonds is 4. The van der Waals surface area contributed by atoms with Gasteiger partial charge in [-0.15, -0.1) is 11.3 Å². The highest BCUT2D eigenvalue weighted by Crippen LogP contribution is 2.41. The number of likely N-dealkylation sites (tertiary alicyclic amines) is 1. The van der Waals surface area contributed by atoms with Gasteiger partial charge in [-0.05, 0) is 45.1 Å². The predicted molar refractivity (Wildman–Crippen MR) is 78.4 cm³/mol. The van der Waals surface area contributed by atoms with Crippen molar-refractivity contribution in [3.63, 3.8) is 0 Å². The van der Waals surface area contributed by atoms with E-state index in [0.29, 0.717) is 6.04 Å². The maximum atomic E-state index is 9.99. The molecular weight excluding hydrogens is 256 g/mol. The van der Waals surface area contributed by atoms with E-state index in [9.17, 15) is 5.11 Å². The predicted octanol–water partition coefficient (Wildman–Crippen LogP) is 3.00. The SMILES string of the molecule is C[C@@H]1CCN(Cc2csc(C3CC3)n2)[C@H]([C@H](C)O)C1. The molecule has 3 rings (SSSR count). The van der Waals surface area contributed by atoms with Gasteiger partial charge in [0.2, 0.25) is 0 Å². The standard InChI is InChI=1S/C15H24N2OS/c1-10-5-6-17(14(7-10)11(2)18)8-13-9-19-15(16-13)12-3-4-12/h9-12,14,18H,3-8H2,1-2H3/t10-,11+,14+/m1/s1. The Morgan fingerprint density at radius 1 is 1.47 bits per heavy atom. The zero-order valence-electron chi connectivity index (χ0n) is 11.9. The molecule has 2 heterocycles. The average molecular weight is 280 g/mol. The first-order valence-corrected chi connectivity index (χ1v) is 8.38. The van der Waals surface area contributed by atoms with E-state index in [2.05, 4.69) is 17.2 Å². The summed E-state index contributed by atoms with van der Waals surface area (Å²) < 4.78 is 0. The summed E-state index contributed by atoms with van der Waals surface area (Å²) in [7, 11) is 0. The smallest absolute Gasteiger partial charge is 0.0959 e. The number of thiazole rings is 1. The number of aliphatic hydroxyl groups is 1. The second-order valence-electron chi connectivity index (χ2n) is 6.36. The Kier molecular flexibility index (Phi) is 3.92. The van der Waals surface area contributed by atoms with Gasteiger partial charge in [0.25, 0.3) is 0 Å². The molecule has 106 valence electrons. The molecule has 3 atom stereocenters. The van der Waals surface area contributed by atoms with Crippen molar-refractivity contribution in [1.29, 1.82) is 0 Å². The summed E-state index contributed by atoms with van der Waals surface area (Å²) in [5, 5.41) is 13.5. The van der Waals surface area contributed by atoms with Gasteiger partial charge in [-0.2, -0.15) is 0 Å². The molecule has 0 radical (unpaired) electrons. The van der Waals surface area contributed by atoms with Crippen LogP contribution in [0.1, 0.15) is 56.2 Å². The minimum Gasteiger partial charge on any atom is -0.392 e. The highest BCUT2D eigenvalue weighted by molar-refractivity contribution is 7.09. The highest BCUT2D eigenvalue weighted by Gasteiger charge is 2.31. The van der Waals surface area contributed by atoms with Crippen LogP contribution in [-0.4, -0.2) is 33.7 Å². The lowest BCUT2D eigenvalue weighted by molar-refractivity contribution is 0.0157. The molecule has 4 heteroatoms. The summed E-state index contributed by atoms with van der Waals surface area (Å²) in [6.45, 7) is 6.21. The molecule has 0 amide bonds. The summed E-state index contributed by atoms with van der Waals surface area (Å²) in [5.41, 5.74) is 1.20. The van der Waals surface area contributed by atoms with Crippen LogP contribution in [0.3, 0.4) is 0 Å². The molecule has 0 spiro atoms. The van der Waals surface area contributed by atoms with Gasteiger partial charge in [0.05, 0.1) is 16.8 Å².